The number of hydrogen-bond acceptors (Lipinski definition) is 6. The van der Waals surface area contributed by atoms with Crippen molar-refractivity contribution in [3.8, 4) is 17.2 Å². The molecular formula is C27H25N5O3S. The molecule has 1 amide bonds. The van der Waals surface area contributed by atoms with E-state index in [4.69, 9.17) is 14.9 Å². The standard InChI is InChI=1S/C27H25N5O3S/c1-16-7-5-10-22(11-16)35-15-24-30-32-25(28)23(26(33)29-27(32)36-24)13-19-12-17(2)31(18(19)3)20-8-6-9-21(14-20)34-4/h5-14,28H,15H2,1-4H3/b23-13+,28-25?. The number of amidine groups is 2. The van der Waals surface area contributed by atoms with E-state index in [1.165, 1.54) is 16.8 Å². The number of aromatic nitrogens is 1. The maximum atomic E-state index is 12.9. The van der Waals surface area contributed by atoms with Crippen molar-refractivity contribution < 1.29 is 14.3 Å². The zero-order chi connectivity index (χ0) is 25.4. The minimum Gasteiger partial charge on any atom is -0.497 e. The molecule has 2 aliphatic heterocycles. The van der Waals surface area contributed by atoms with Gasteiger partial charge in [-0.05, 0) is 80.1 Å². The highest BCUT2D eigenvalue weighted by molar-refractivity contribution is 8.27. The number of methoxy groups -OCH3 is 1. The summed E-state index contributed by atoms with van der Waals surface area (Å²) < 4.78 is 13.3. The highest BCUT2D eigenvalue weighted by atomic mass is 32.2. The van der Waals surface area contributed by atoms with E-state index in [9.17, 15) is 4.79 Å². The Morgan fingerprint density at radius 2 is 1.83 bits per heavy atom. The van der Waals surface area contributed by atoms with Gasteiger partial charge in [-0.1, -0.05) is 18.2 Å². The quantitative estimate of drug-likeness (QED) is 0.476. The zero-order valence-corrected chi connectivity index (χ0v) is 21.2. The van der Waals surface area contributed by atoms with Crippen molar-refractivity contribution in [1.82, 2.24) is 9.58 Å². The number of carbonyl (C=O) groups is 1. The van der Waals surface area contributed by atoms with E-state index in [0.29, 0.717) is 10.2 Å². The van der Waals surface area contributed by atoms with E-state index < -0.39 is 5.91 Å². The van der Waals surface area contributed by atoms with Crippen LogP contribution in [0.25, 0.3) is 11.8 Å². The summed E-state index contributed by atoms with van der Waals surface area (Å²) in [4.78, 5) is 17.1. The Morgan fingerprint density at radius 1 is 1.06 bits per heavy atom. The van der Waals surface area contributed by atoms with Gasteiger partial charge in [-0.15, -0.1) is 0 Å². The number of nitrogens with zero attached hydrogens (tertiary/aromatic N) is 4. The van der Waals surface area contributed by atoms with Crippen LogP contribution in [0.3, 0.4) is 0 Å². The van der Waals surface area contributed by atoms with Crippen LogP contribution in [-0.4, -0.2) is 45.2 Å². The SMILES string of the molecule is COc1cccc(-n2c(C)cc(/C=C3\C(=N)N4N=C(COc5cccc(C)c5)SC4=NC3=O)c2C)c1. The van der Waals surface area contributed by atoms with Crippen molar-refractivity contribution in [2.24, 2.45) is 10.1 Å². The molecule has 0 spiro atoms. The van der Waals surface area contributed by atoms with Crippen LogP contribution in [0.5, 0.6) is 11.5 Å². The molecule has 36 heavy (non-hydrogen) atoms. The molecule has 0 saturated carbocycles. The first-order valence-electron chi connectivity index (χ1n) is 11.4. The second-order valence-electron chi connectivity index (χ2n) is 8.48. The Morgan fingerprint density at radius 3 is 2.61 bits per heavy atom. The molecule has 1 N–H and O–H groups in total. The third-order valence-electron chi connectivity index (χ3n) is 5.93. The molecule has 9 heteroatoms. The summed E-state index contributed by atoms with van der Waals surface area (Å²) in [5, 5.41) is 15.6. The van der Waals surface area contributed by atoms with Crippen LogP contribution < -0.4 is 9.47 Å². The lowest BCUT2D eigenvalue weighted by atomic mass is 10.1. The number of hydrazone groups is 1. The minimum atomic E-state index is -0.457. The van der Waals surface area contributed by atoms with E-state index in [-0.39, 0.29) is 18.0 Å². The number of carbonyl (C=O) groups excluding carboxylic acids is 1. The molecule has 0 fully saturated rings. The monoisotopic (exact) mass is 499 g/mol. The number of aryl methyl sites for hydroxylation is 2. The third kappa shape index (κ3) is 4.45. The number of hydrogen-bond donors (Lipinski definition) is 1. The third-order valence-corrected chi connectivity index (χ3v) is 6.81. The molecule has 182 valence electrons. The summed E-state index contributed by atoms with van der Waals surface area (Å²) in [6, 6.07) is 17.5. The minimum absolute atomic E-state index is 0.00533. The molecule has 0 atom stereocenters. The number of rotatable bonds is 6. The largest absolute Gasteiger partial charge is 0.497 e. The van der Waals surface area contributed by atoms with Crippen molar-refractivity contribution in [3.63, 3.8) is 0 Å². The van der Waals surface area contributed by atoms with Gasteiger partial charge in [-0.2, -0.15) is 15.1 Å². The van der Waals surface area contributed by atoms with E-state index >= 15 is 0 Å². The molecule has 2 aromatic carbocycles. The number of benzene rings is 2. The molecule has 1 aromatic heterocycles. The number of aliphatic imine (C=N–C) groups is 1. The maximum Gasteiger partial charge on any atom is 0.283 e. The second-order valence-corrected chi connectivity index (χ2v) is 9.52. The van der Waals surface area contributed by atoms with Crippen LogP contribution in [0.4, 0.5) is 0 Å². The van der Waals surface area contributed by atoms with Crippen LogP contribution in [0.2, 0.25) is 0 Å². The maximum absolute atomic E-state index is 12.9. The van der Waals surface area contributed by atoms with Gasteiger partial charge in [0.25, 0.3) is 5.91 Å². The molecule has 0 unspecified atom stereocenters. The van der Waals surface area contributed by atoms with Gasteiger partial charge >= 0.3 is 0 Å². The van der Waals surface area contributed by atoms with Crippen LogP contribution in [0.1, 0.15) is 22.5 Å². The number of thioether (sulfide) groups is 1. The number of nitrogens with one attached hydrogen (secondary N) is 1. The van der Waals surface area contributed by atoms with Gasteiger partial charge in [-0.25, -0.2) is 0 Å². The van der Waals surface area contributed by atoms with E-state index in [2.05, 4.69) is 14.7 Å². The predicted octanol–water partition coefficient (Wildman–Crippen LogP) is 5.11. The summed E-state index contributed by atoms with van der Waals surface area (Å²) in [5.41, 5.74) is 5.02. The van der Waals surface area contributed by atoms with Gasteiger partial charge in [0, 0.05) is 23.1 Å². The second kappa shape index (κ2) is 9.50. The smallest absolute Gasteiger partial charge is 0.283 e. The molecule has 0 aliphatic carbocycles. The fourth-order valence-electron chi connectivity index (χ4n) is 4.18. The summed E-state index contributed by atoms with van der Waals surface area (Å²) >= 11 is 1.24. The van der Waals surface area contributed by atoms with Crippen LogP contribution >= 0.6 is 11.8 Å². The summed E-state index contributed by atoms with van der Waals surface area (Å²) in [7, 11) is 1.64. The normalized spacial score (nSPS) is 16.2. The average molecular weight is 500 g/mol. The fourth-order valence-corrected chi connectivity index (χ4v) is 4.97. The topological polar surface area (TPSA) is 92.3 Å². The first kappa shape index (κ1) is 23.6. The van der Waals surface area contributed by atoms with Crippen LogP contribution in [-0.2, 0) is 4.79 Å². The van der Waals surface area contributed by atoms with E-state index in [1.807, 2.05) is 75.4 Å². The van der Waals surface area contributed by atoms with E-state index in [1.54, 1.807) is 13.2 Å². The van der Waals surface area contributed by atoms with Crippen molar-refractivity contribution in [2.75, 3.05) is 13.7 Å². The van der Waals surface area contributed by atoms with Crippen molar-refractivity contribution in [2.45, 2.75) is 20.8 Å². The molecule has 8 nitrogen and oxygen atoms in total. The van der Waals surface area contributed by atoms with Crippen molar-refractivity contribution >= 4 is 39.8 Å². The van der Waals surface area contributed by atoms with Crippen LogP contribution in [0, 0.1) is 26.2 Å². The molecular weight excluding hydrogens is 474 g/mol. The summed E-state index contributed by atoms with van der Waals surface area (Å²) in [5.74, 6) is 1.04. The number of ether oxygens (including phenoxy) is 2. The van der Waals surface area contributed by atoms with E-state index in [0.717, 1.165) is 39.7 Å². The fraction of sp³-hybridized carbons (Fsp3) is 0.185. The van der Waals surface area contributed by atoms with Gasteiger partial charge in [0.1, 0.15) is 23.1 Å². The van der Waals surface area contributed by atoms with Gasteiger partial charge < -0.3 is 14.0 Å². The van der Waals surface area contributed by atoms with Crippen LogP contribution in [0.15, 0.2) is 70.3 Å². The lowest BCUT2D eigenvalue weighted by Gasteiger charge is -2.20. The van der Waals surface area contributed by atoms with Crippen molar-refractivity contribution in [1.29, 1.82) is 5.41 Å². The summed E-state index contributed by atoms with van der Waals surface area (Å²) in [6.07, 6.45) is 1.71. The predicted molar refractivity (Wildman–Crippen MR) is 143 cm³/mol. The molecule has 0 radical (unpaired) electrons. The van der Waals surface area contributed by atoms with Gasteiger partial charge in [0.2, 0.25) is 5.17 Å². The highest BCUT2D eigenvalue weighted by Crippen LogP contribution is 2.30. The molecule has 5 rings (SSSR count). The molecule has 3 heterocycles. The summed E-state index contributed by atoms with van der Waals surface area (Å²) in [6.45, 7) is 6.21. The Balaban J connectivity index is 1.40. The molecule has 3 aromatic rings. The Kier molecular flexibility index (Phi) is 6.24. The number of amides is 1. The number of fused-ring (bicyclic) bond motifs is 1. The molecule has 0 bridgehead atoms. The first-order chi connectivity index (χ1) is 17.3. The van der Waals surface area contributed by atoms with Gasteiger partial charge in [-0.3, -0.25) is 10.2 Å². The first-order valence-corrected chi connectivity index (χ1v) is 12.2. The zero-order valence-electron chi connectivity index (χ0n) is 20.4. The Bertz CT molecular complexity index is 1480. The average Bonchev–Trinajstić information content (AvgIpc) is 3.40. The van der Waals surface area contributed by atoms with Gasteiger partial charge in [0.15, 0.2) is 5.84 Å². The highest BCUT2D eigenvalue weighted by Gasteiger charge is 2.36. The van der Waals surface area contributed by atoms with Crippen molar-refractivity contribution in [3.05, 3.63) is 82.7 Å². The Hall–Kier alpha value is -4.11. The molecule has 2 aliphatic rings. The lowest BCUT2D eigenvalue weighted by molar-refractivity contribution is -0.114. The lowest BCUT2D eigenvalue weighted by Crippen LogP contribution is -2.35. The Labute approximate surface area is 213 Å². The molecule has 0 saturated heterocycles. The van der Waals surface area contributed by atoms with Gasteiger partial charge in [0.05, 0.1) is 12.7 Å².